The van der Waals surface area contributed by atoms with Crippen LogP contribution in [0.4, 0.5) is 0 Å². The quantitative estimate of drug-likeness (QED) is 0.422. The fraction of sp³-hybridized carbons (Fsp3) is 1.00. The molecule has 0 amide bonds. The first kappa shape index (κ1) is 23.2. The Morgan fingerprint density at radius 3 is 2.00 bits per heavy atom. The molecule has 0 heterocycles. The molecule has 0 aromatic rings. The largest absolute Gasteiger partial charge is 0.327 e. The van der Waals surface area contributed by atoms with Crippen molar-refractivity contribution in [3.05, 3.63) is 0 Å². The van der Waals surface area contributed by atoms with Crippen LogP contribution in [-0.2, 0) is 0 Å². The van der Waals surface area contributed by atoms with Gasteiger partial charge in [0.25, 0.3) is 0 Å². The Hall–Kier alpha value is -0.0400. The molecule has 0 aliphatic heterocycles. The molecule has 9 unspecified atom stereocenters. The average molecular weight is 378 g/mol. The zero-order valence-electron chi connectivity index (χ0n) is 20.1. The summed E-state index contributed by atoms with van der Waals surface area (Å²) in [7, 11) is 0. The zero-order valence-corrected chi connectivity index (χ0v) is 20.1. The molecule has 2 aliphatic rings. The molecule has 0 bridgehead atoms. The van der Waals surface area contributed by atoms with Crippen LogP contribution in [0.25, 0.3) is 0 Å². The Labute approximate surface area is 171 Å². The zero-order chi connectivity index (χ0) is 20.5. The topological polar surface area (TPSA) is 26.0 Å². The predicted molar refractivity (Wildman–Crippen MR) is 121 cm³/mol. The Balaban J connectivity index is 2.09. The minimum Gasteiger partial charge on any atom is -0.327 e. The lowest BCUT2D eigenvalue weighted by atomic mass is 9.50. The normalized spacial score (nSPS) is 34.7. The molecule has 0 spiro atoms. The number of rotatable bonds is 10. The van der Waals surface area contributed by atoms with Crippen molar-refractivity contribution in [2.24, 2.45) is 64.4 Å². The van der Waals surface area contributed by atoms with Crippen LogP contribution in [0.15, 0.2) is 0 Å². The van der Waals surface area contributed by atoms with E-state index in [1.165, 1.54) is 38.5 Å². The molecular formula is C26H51N. The van der Waals surface area contributed by atoms with Gasteiger partial charge in [0.2, 0.25) is 0 Å². The minimum absolute atomic E-state index is 0.412. The van der Waals surface area contributed by atoms with Gasteiger partial charge in [0.1, 0.15) is 0 Å². The fourth-order valence-corrected chi connectivity index (χ4v) is 7.03. The van der Waals surface area contributed by atoms with E-state index >= 15 is 0 Å². The highest BCUT2D eigenvalue weighted by atomic mass is 14.7. The van der Waals surface area contributed by atoms with Crippen molar-refractivity contribution in [2.75, 3.05) is 0 Å². The summed E-state index contributed by atoms with van der Waals surface area (Å²) < 4.78 is 0. The minimum atomic E-state index is 0.412. The highest BCUT2D eigenvalue weighted by molar-refractivity contribution is 5.02. The van der Waals surface area contributed by atoms with Gasteiger partial charge in [-0.05, 0) is 84.4 Å². The van der Waals surface area contributed by atoms with E-state index in [0.717, 1.165) is 47.3 Å². The summed E-state index contributed by atoms with van der Waals surface area (Å²) in [5.74, 6) is 7.40. The third-order valence-electron chi connectivity index (χ3n) is 9.14. The third-order valence-corrected chi connectivity index (χ3v) is 9.14. The fourth-order valence-electron chi connectivity index (χ4n) is 7.03. The monoisotopic (exact) mass is 377 g/mol. The summed E-state index contributed by atoms with van der Waals surface area (Å²) in [6, 6.07) is 0.412. The second kappa shape index (κ2) is 9.19. The second-order valence-electron chi connectivity index (χ2n) is 11.9. The van der Waals surface area contributed by atoms with Crippen LogP contribution in [-0.4, -0.2) is 6.04 Å². The Bertz CT molecular complexity index is 447. The van der Waals surface area contributed by atoms with E-state index in [1.807, 2.05) is 0 Å². The Kier molecular flexibility index (Phi) is 7.91. The molecule has 2 saturated carbocycles. The molecule has 160 valence electrons. The van der Waals surface area contributed by atoms with Gasteiger partial charge in [0.15, 0.2) is 0 Å². The highest BCUT2D eigenvalue weighted by Crippen LogP contribution is 2.55. The van der Waals surface area contributed by atoms with Crippen LogP contribution in [0, 0.1) is 58.7 Å². The van der Waals surface area contributed by atoms with E-state index in [2.05, 4.69) is 62.3 Å². The van der Waals surface area contributed by atoms with Gasteiger partial charge in [-0.1, -0.05) is 75.2 Å². The summed E-state index contributed by atoms with van der Waals surface area (Å²) >= 11 is 0. The molecule has 2 fully saturated rings. The first-order chi connectivity index (χ1) is 12.5. The molecule has 2 rings (SSSR count). The molecule has 0 aromatic carbocycles. The molecule has 27 heavy (non-hydrogen) atoms. The molecule has 2 aliphatic carbocycles. The number of hydrogen-bond donors (Lipinski definition) is 1. The van der Waals surface area contributed by atoms with Crippen LogP contribution < -0.4 is 5.73 Å². The van der Waals surface area contributed by atoms with Crippen LogP contribution in [0.3, 0.4) is 0 Å². The van der Waals surface area contributed by atoms with Crippen LogP contribution >= 0.6 is 0 Å². The van der Waals surface area contributed by atoms with Crippen molar-refractivity contribution >= 4 is 0 Å². The molecule has 1 nitrogen and oxygen atoms in total. The second-order valence-corrected chi connectivity index (χ2v) is 11.9. The van der Waals surface area contributed by atoms with Crippen LogP contribution in [0.5, 0.6) is 0 Å². The van der Waals surface area contributed by atoms with Crippen LogP contribution in [0.1, 0.15) is 101 Å². The van der Waals surface area contributed by atoms with Crippen LogP contribution in [0.2, 0.25) is 0 Å². The maximum atomic E-state index is 6.98. The van der Waals surface area contributed by atoms with Gasteiger partial charge in [0, 0.05) is 6.04 Å². The van der Waals surface area contributed by atoms with E-state index < -0.39 is 0 Å². The summed E-state index contributed by atoms with van der Waals surface area (Å²) in [5, 5.41) is 0. The number of nitrogens with two attached hydrogens (primary N) is 1. The molecule has 9 atom stereocenters. The number of hydrogen-bond acceptors (Lipinski definition) is 1. The summed E-state index contributed by atoms with van der Waals surface area (Å²) in [6.45, 7) is 22.1. The van der Waals surface area contributed by atoms with Crippen molar-refractivity contribution in [3.63, 3.8) is 0 Å². The van der Waals surface area contributed by atoms with Crippen molar-refractivity contribution < 1.29 is 0 Å². The molecule has 1 heteroatoms. The maximum Gasteiger partial charge on any atom is 0.00986 e. The molecular weight excluding hydrogens is 326 g/mol. The van der Waals surface area contributed by atoms with E-state index in [4.69, 9.17) is 5.73 Å². The van der Waals surface area contributed by atoms with E-state index in [-0.39, 0.29) is 0 Å². The lowest BCUT2D eigenvalue weighted by Crippen LogP contribution is -2.56. The van der Waals surface area contributed by atoms with E-state index in [9.17, 15) is 0 Å². The lowest BCUT2D eigenvalue weighted by Gasteiger charge is -2.56. The average Bonchev–Trinajstić information content (AvgIpc) is 2.59. The van der Waals surface area contributed by atoms with E-state index in [1.54, 1.807) is 0 Å². The van der Waals surface area contributed by atoms with Crippen molar-refractivity contribution in [1.82, 2.24) is 0 Å². The van der Waals surface area contributed by atoms with Gasteiger partial charge in [-0.2, -0.15) is 0 Å². The van der Waals surface area contributed by atoms with Gasteiger partial charge in [-0.15, -0.1) is 0 Å². The van der Waals surface area contributed by atoms with Crippen molar-refractivity contribution in [1.29, 1.82) is 0 Å². The van der Waals surface area contributed by atoms with Gasteiger partial charge in [-0.3, -0.25) is 0 Å². The molecule has 2 N–H and O–H groups in total. The lowest BCUT2D eigenvalue weighted by molar-refractivity contribution is -0.0597. The van der Waals surface area contributed by atoms with Crippen molar-refractivity contribution in [2.45, 2.75) is 107 Å². The Morgan fingerprint density at radius 1 is 0.963 bits per heavy atom. The molecule has 0 aromatic heterocycles. The standard InChI is InChI=1S/C26H51N/c1-10-16(3)12-18(5)23(17(4)11-2)24-19(6)13-22(24)25(27)20(7)21-14-26(8,9)15-21/h16-25H,10-15,27H2,1-9H3. The maximum absolute atomic E-state index is 6.98. The Morgan fingerprint density at radius 2 is 1.56 bits per heavy atom. The summed E-state index contributed by atoms with van der Waals surface area (Å²) in [5.41, 5.74) is 7.55. The van der Waals surface area contributed by atoms with Gasteiger partial charge < -0.3 is 5.73 Å². The summed E-state index contributed by atoms with van der Waals surface area (Å²) in [4.78, 5) is 0. The smallest absolute Gasteiger partial charge is 0.00986 e. The first-order valence-corrected chi connectivity index (χ1v) is 12.3. The van der Waals surface area contributed by atoms with Crippen molar-refractivity contribution in [3.8, 4) is 0 Å². The molecule has 0 radical (unpaired) electrons. The van der Waals surface area contributed by atoms with Gasteiger partial charge in [-0.25, -0.2) is 0 Å². The van der Waals surface area contributed by atoms with E-state index in [0.29, 0.717) is 17.4 Å². The molecule has 0 saturated heterocycles. The highest BCUT2D eigenvalue weighted by Gasteiger charge is 2.51. The van der Waals surface area contributed by atoms with Gasteiger partial charge in [0.05, 0.1) is 0 Å². The summed E-state index contributed by atoms with van der Waals surface area (Å²) in [6.07, 6.45) is 8.16. The predicted octanol–water partition coefficient (Wildman–Crippen LogP) is 7.39. The SMILES string of the molecule is CCC(C)CC(C)C(C(C)CC)C1C(C)CC1C(N)C(C)C1CC(C)(C)C1. The third kappa shape index (κ3) is 5.12. The van der Waals surface area contributed by atoms with Gasteiger partial charge >= 0.3 is 0 Å². The first-order valence-electron chi connectivity index (χ1n) is 12.3.